The molecule has 1 aliphatic rings. The first-order valence-corrected chi connectivity index (χ1v) is 14.5. The minimum absolute atomic E-state index is 0.0423. The minimum Gasteiger partial charge on any atom is -0.460 e. The summed E-state index contributed by atoms with van der Waals surface area (Å²) >= 11 is 0. The highest BCUT2D eigenvalue weighted by Crippen LogP contribution is 2.55. The Balaban J connectivity index is 0. The quantitative estimate of drug-likeness (QED) is 0.239. The highest BCUT2D eigenvalue weighted by Gasteiger charge is 2.59. The van der Waals surface area contributed by atoms with E-state index in [1.807, 2.05) is 41.5 Å². The maximum Gasteiger partial charge on any atom is 0.325 e. The number of rotatable bonds is 13. The van der Waals surface area contributed by atoms with E-state index in [0.29, 0.717) is 25.6 Å². The van der Waals surface area contributed by atoms with Gasteiger partial charge in [0.25, 0.3) is 5.92 Å². The molecule has 0 aromatic heterocycles. The molecule has 228 valence electrons. The normalized spacial score (nSPS) is 18.8. The maximum atomic E-state index is 12.6. The van der Waals surface area contributed by atoms with Crippen molar-refractivity contribution in [3.05, 3.63) is 0 Å². The summed E-state index contributed by atoms with van der Waals surface area (Å²) in [5.74, 6) is -2.86. The van der Waals surface area contributed by atoms with E-state index in [1.165, 1.54) is 7.11 Å². The van der Waals surface area contributed by atoms with Crippen LogP contribution in [0.15, 0.2) is 0 Å². The molecule has 0 aliphatic heterocycles. The Labute approximate surface area is 226 Å². The monoisotopic (exact) mass is 578 g/mol. The van der Waals surface area contributed by atoms with Gasteiger partial charge in [-0.15, -0.1) is 0 Å². The summed E-state index contributed by atoms with van der Waals surface area (Å²) in [4.78, 5) is 31.2. The Kier molecular flexibility index (Phi) is 18.0. The molecule has 1 N–H and O–H groups in total. The Morgan fingerprint density at radius 3 is 1.89 bits per heavy atom. The Morgan fingerprint density at radius 2 is 1.55 bits per heavy atom. The molecule has 0 bridgehead atoms. The highest BCUT2D eigenvalue weighted by molar-refractivity contribution is 7.51. The third kappa shape index (κ3) is 18.2. The number of ether oxygens (including phenoxy) is 5. The van der Waals surface area contributed by atoms with Gasteiger partial charge in [-0.25, -0.2) is 8.78 Å². The number of carbonyl (C=O) groups is 2. The van der Waals surface area contributed by atoms with E-state index in [4.69, 9.17) is 33.1 Å². The average molecular weight is 579 g/mol. The number of alkyl halides is 2. The van der Waals surface area contributed by atoms with Gasteiger partial charge in [0.15, 0.2) is 0 Å². The van der Waals surface area contributed by atoms with Crippen molar-refractivity contribution < 1.29 is 56.0 Å². The minimum atomic E-state index is -3.75. The van der Waals surface area contributed by atoms with Crippen LogP contribution in [0, 0.1) is 11.8 Å². The van der Waals surface area contributed by atoms with Crippen LogP contribution in [0.1, 0.15) is 67.7 Å². The first kappa shape index (κ1) is 39.0. The third-order valence-corrected chi connectivity index (χ3v) is 5.92. The zero-order chi connectivity index (χ0) is 30.4. The maximum absolute atomic E-state index is 12.6. The molecule has 0 aromatic rings. The average Bonchev–Trinajstić information content (AvgIpc) is 2.71. The fraction of sp³-hybridized carbons (Fsp3) is 0.920. The molecule has 1 fully saturated rings. The molecular weight excluding hydrogens is 529 g/mol. The second-order valence-electron chi connectivity index (χ2n) is 10.5. The van der Waals surface area contributed by atoms with Crippen LogP contribution in [0.25, 0.3) is 0 Å². The number of carbonyl (C=O) groups excluding carboxylic acids is 2. The molecule has 0 heterocycles. The van der Waals surface area contributed by atoms with Crippen molar-refractivity contribution in [1.29, 1.82) is 0 Å². The zero-order valence-electron chi connectivity index (χ0n) is 24.8. The van der Waals surface area contributed by atoms with Gasteiger partial charge in [-0.1, -0.05) is 27.7 Å². The Hall–Kier alpha value is -1.17. The first-order chi connectivity index (χ1) is 17.2. The molecule has 13 heteroatoms. The predicted molar refractivity (Wildman–Crippen MR) is 139 cm³/mol. The molecule has 0 radical (unpaired) electrons. The van der Waals surface area contributed by atoms with Crippen LogP contribution >= 0.6 is 7.60 Å². The van der Waals surface area contributed by atoms with Crippen LogP contribution in [0.2, 0.25) is 0 Å². The van der Waals surface area contributed by atoms with Gasteiger partial charge in [0.2, 0.25) is 0 Å². The summed E-state index contributed by atoms with van der Waals surface area (Å²) in [7, 11) is 0.759. The molecule has 0 amide bonds. The van der Waals surface area contributed by atoms with E-state index in [2.05, 4.69) is 0 Å². The van der Waals surface area contributed by atoms with E-state index in [-0.39, 0.29) is 30.6 Å². The SMILES string of the molecule is CCC(=O)OC(C)(C)COC.COCC(C)OC(=O)[C@@H](C)C(C)C.COCC1(OP(C)(=O)O)CC(F)(F)C1. The van der Waals surface area contributed by atoms with E-state index >= 15 is 0 Å². The highest BCUT2D eigenvalue weighted by atomic mass is 31.2. The number of halogens is 2. The van der Waals surface area contributed by atoms with E-state index < -0.39 is 37.6 Å². The van der Waals surface area contributed by atoms with Crippen molar-refractivity contribution in [1.82, 2.24) is 0 Å². The van der Waals surface area contributed by atoms with Gasteiger partial charge in [0.1, 0.15) is 17.3 Å². The van der Waals surface area contributed by atoms with Crippen molar-refractivity contribution in [3.63, 3.8) is 0 Å². The summed E-state index contributed by atoms with van der Waals surface area (Å²) in [6.45, 7) is 14.9. The molecule has 1 saturated carbocycles. The van der Waals surface area contributed by atoms with Gasteiger partial charge in [-0.2, -0.15) is 0 Å². The lowest BCUT2D eigenvalue weighted by molar-refractivity contribution is -0.210. The molecule has 1 rings (SSSR count). The molecular formula is C25H49F2O10P. The number of methoxy groups -OCH3 is 3. The molecule has 0 saturated heterocycles. The van der Waals surface area contributed by atoms with Crippen molar-refractivity contribution in [2.75, 3.05) is 47.8 Å². The van der Waals surface area contributed by atoms with Crippen LogP contribution in [0.4, 0.5) is 8.78 Å². The molecule has 0 aromatic carbocycles. The summed E-state index contributed by atoms with van der Waals surface area (Å²) < 4.78 is 65.6. The standard InChI is InChI=1S/C10H20O3.C8H16O3.C7H13F2O4P/c1-7(2)9(4)10(11)13-8(3)6-12-5;1-5-7(9)11-8(2,3)6-10-4;1-12-5-6(13-14(2,10)11)3-7(8,9)4-6/h7-9H,6H2,1-5H3;5-6H2,1-4H3;3-5H2,1-2H3,(H,10,11)/t8?,9-;;/m0../s1. The van der Waals surface area contributed by atoms with Crippen LogP contribution in [0.5, 0.6) is 0 Å². The molecule has 2 unspecified atom stereocenters. The van der Waals surface area contributed by atoms with E-state index in [1.54, 1.807) is 21.1 Å². The predicted octanol–water partition coefficient (Wildman–Crippen LogP) is 4.85. The lowest BCUT2D eigenvalue weighted by Gasteiger charge is -2.46. The second kappa shape index (κ2) is 17.5. The lowest BCUT2D eigenvalue weighted by Crippen LogP contribution is -2.55. The molecule has 3 atom stereocenters. The summed E-state index contributed by atoms with van der Waals surface area (Å²) in [6, 6.07) is 0. The molecule has 38 heavy (non-hydrogen) atoms. The van der Waals surface area contributed by atoms with Gasteiger partial charge < -0.3 is 28.6 Å². The van der Waals surface area contributed by atoms with E-state index in [0.717, 1.165) is 6.66 Å². The Morgan fingerprint density at radius 1 is 1.03 bits per heavy atom. The largest absolute Gasteiger partial charge is 0.460 e. The van der Waals surface area contributed by atoms with Crippen molar-refractivity contribution in [2.24, 2.45) is 11.8 Å². The van der Waals surface area contributed by atoms with Crippen LogP contribution in [-0.4, -0.2) is 87.9 Å². The Bertz CT molecular complexity index is 732. The summed E-state index contributed by atoms with van der Waals surface area (Å²) in [5, 5.41) is 0. The molecule has 0 spiro atoms. The molecule has 10 nitrogen and oxygen atoms in total. The van der Waals surface area contributed by atoms with Gasteiger partial charge in [-0.3, -0.25) is 18.7 Å². The van der Waals surface area contributed by atoms with Crippen LogP contribution in [0.3, 0.4) is 0 Å². The number of hydrogen-bond acceptors (Lipinski definition) is 9. The number of hydrogen-bond donors (Lipinski definition) is 1. The van der Waals surface area contributed by atoms with Crippen molar-refractivity contribution in [2.45, 2.75) is 91.0 Å². The topological polar surface area (TPSA) is 127 Å². The van der Waals surface area contributed by atoms with Gasteiger partial charge in [0, 0.05) is 47.3 Å². The zero-order valence-corrected chi connectivity index (χ0v) is 25.7. The number of esters is 2. The first-order valence-electron chi connectivity index (χ1n) is 12.5. The third-order valence-electron chi connectivity index (χ3n) is 5.19. The second-order valence-corrected chi connectivity index (χ2v) is 12.3. The summed E-state index contributed by atoms with van der Waals surface area (Å²) in [5.41, 5.74) is -1.79. The van der Waals surface area contributed by atoms with Gasteiger partial charge in [0.05, 0.1) is 25.7 Å². The van der Waals surface area contributed by atoms with Crippen molar-refractivity contribution in [3.8, 4) is 0 Å². The fourth-order valence-electron chi connectivity index (χ4n) is 3.31. The van der Waals surface area contributed by atoms with Gasteiger partial charge >= 0.3 is 19.5 Å². The lowest BCUT2D eigenvalue weighted by atomic mass is 9.77. The summed E-state index contributed by atoms with van der Waals surface area (Å²) in [6.07, 6.45) is -0.871. The smallest absolute Gasteiger partial charge is 0.325 e. The fourth-order valence-corrected chi connectivity index (χ4v) is 4.21. The van der Waals surface area contributed by atoms with Crippen LogP contribution < -0.4 is 0 Å². The van der Waals surface area contributed by atoms with Crippen molar-refractivity contribution >= 4 is 19.5 Å². The van der Waals surface area contributed by atoms with Gasteiger partial charge in [-0.05, 0) is 26.7 Å². The molecule has 1 aliphatic carbocycles. The van der Waals surface area contributed by atoms with E-state index in [9.17, 15) is 22.9 Å². The van der Waals surface area contributed by atoms with Crippen LogP contribution in [-0.2, 0) is 42.4 Å².